The molecule has 1 aromatic heterocycles. The number of imide groups is 1. The summed E-state index contributed by atoms with van der Waals surface area (Å²) >= 11 is 1.36. The SMILES string of the molecule is CC1=CC(=O)N(c2sc3c(c2C#N)CCNC3)C1=O. The molecule has 0 fully saturated rings. The highest BCUT2D eigenvalue weighted by molar-refractivity contribution is 7.17. The molecule has 0 unspecified atom stereocenters. The van der Waals surface area contributed by atoms with E-state index in [0.717, 1.165) is 28.3 Å². The van der Waals surface area contributed by atoms with Gasteiger partial charge in [-0.1, -0.05) is 0 Å². The number of fused-ring (bicyclic) bond motifs is 1. The molecule has 0 saturated heterocycles. The van der Waals surface area contributed by atoms with Crippen molar-refractivity contribution in [3.63, 3.8) is 0 Å². The number of nitrogens with zero attached hydrogens (tertiary/aromatic N) is 2. The maximum absolute atomic E-state index is 12.0. The summed E-state index contributed by atoms with van der Waals surface area (Å²) in [6.45, 7) is 3.12. The van der Waals surface area contributed by atoms with E-state index in [1.807, 2.05) is 0 Å². The monoisotopic (exact) mass is 273 g/mol. The highest BCUT2D eigenvalue weighted by Crippen LogP contribution is 2.39. The molecule has 0 bridgehead atoms. The van der Waals surface area contributed by atoms with E-state index in [4.69, 9.17) is 0 Å². The molecule has 3 rings (SSSR count). The molecule has 5 nitrogen and oxygen atoms in total. The number of amides is 2. The number of carbonyl (C=O) groups excluding carboxylic acids is 2. The summed E-state index contributed by atoms with van der Waals surface area (Å²) in [5.41, 5.74) is 1.87. The zero-order valence-corrected chi connectivity index (χ0v) is 11.1. The van der Waals surface area contributed by atoms with Gasteiger partial charge in [-0.2, -0.15) is 5.26 Å². The van der Waals surface area contributed by atoms with E-state index < -0.39 is 0 Å². The number of hydrogen-bond donors (Lipinski definition) is 1. The lowest BCUT2D eigenvalue weighted by molar-refractivity contribution is -0.120. The van der Waals surface area contributed by atoms with Gasteiger partial charge >= 0.3 is 0 Å². The topological polar surface area (TPSA) is 73.2 Å². The molecule has 2 aliphatic heterocycles. The van der Waals surface area contributed by atoms with Crippen LogP contribution in [-0.4, -0.2) is 18.4 Å². The Morgan fingerprint density at radius 3 is 2.89 bits per heavy atom. The van der Waals surface area contributed by atoms with Crippen LogP contribution >= 0.6 is 11.3 Å². The molecule has 0 aliphatic carbocycles. The summed E-state index contributed by atoms with van der Waals surface area (Å²) in [6, 6.07) is 2.15. The minimum Gasteiger partial charge on any atom is -0.312 e. The molecule has 1 aromatic rings. The van der Waals surface area contributed by atoms with Gasteiger partial charge in [-0.3, -0.25) is 9.59 Å². The maximum atomic E-state index is 12.0. The van der Waals surface area contributed by atoms with Gasteiger partial charge in [0.15, 0.2) is 0 Å². The van der Waals surface area contributed by atoms with Crippen molar-refractivity contribution in [3.8, 4) is 6.07 Å². The molecule has 19 heavy (non-hydrogen) atoms. The van der Waals surface area contributed by atoms with Gasteiger partial charge in [0.05, 0.1) is 5.56 Å². The smallest absolute Gasteiger partial charge is 0.261 e. The molecular weight excluding hydrogens is 262 g/mol. The van der Waals surface area contributed by atoms with Gasteiger partial charge in [0.1, 0.15) is 11.1 Å². The number of nitriles is 1. The third-order valence-electron chi connectivity index (χ3n) is 3.33. The summed E-state index contributed by atoms with van der Waals surface area (Å²) in [4.78, 5) is 26.1. The Morgan fingerprint density at radius 2 is 2.26 bits per heavy atom. The van der Waals surface area contributed by atoms with E-state index in [9.17, 15) is 14.9 Å². The fourth-order valence-electron chi connectivity index (χ4n) is 2.37. The Morgan fingerprint density at radius 1 is 1.47 bits per heavy atom. The van der Waals surface area contributed by atoms with Crippen LogP contribution in [0.1, 0.15) is 22.9 Å². The second-order valence-electron chi connectivity index (χ2n) is 4.53. The van der Waals surface area contributed by atoms with Crippen LogP contribution in [-0.2, 0) is 22.6 Å². The van der Waals surface area contributed by atoms with Crippen LogP contribution in [0.4, 0.5) is 5.00 Å². The van der Waals surface area contributed by atoms with Gasteiger partial charge in [-0.05, 0) is 25.5 Å². The molecule has 0 radical (unpaired) electrons. The average molecular weight is 273 g/mol. The quantitative estimate of drug-likeness (QED) is 0.777. The number of anilines is 1. The van der Waals surface area contributed by atoms with Crippen LogP contribution in [0.5, 0.6) is 0 Å². The molecule has 6 heteroatoms. The summed E-state index contributed by atoms with van der Waals surface area (Å²) in [7, 11) is 0. The van der Waals surface area contributed by atoms with Crippen molar-refractivity contribution in [1.29, 1.82) is 5.26 Å². The van der Waals surface area contributed by atoms with Gasteiger partial charge in [0.2, 0.25) is 0 Å². The first-order chi connectivity index (χ1) is 9.13. The third kappa shape index (κ3) is 1.70. The van der Waals surface area contributed by atoms with Crippen molar-refractivity contribution in [3.05, 3.63) is 27.7 Å². The number of nitrogens with one attached hydrogen (secondary N) is 1. The zero-order chi connectivity index (χ0) is 13.6. The van der Waals surface area contributed by atoms with Crippen LogP contribution in [0, 0.1) is 11.3 Å². The van der Waals surface area contributed by atoms with Crippen molar-refractivity contribution in [2.75, 3.05) is 11.4 Å². The second-order valence-corrected chi connectivity index (χ2v) is 5.61. The van der Waals surface area contributed by atoms with Gasteiger partial charge < -0.3 is 5.32 Å². The van der Waals surface area contributed by atoms with Crippen LogP contribution < -0.4 is 10.2 Å². The molecule has 2 aliphatic rings. The zero-order valence-electron chi connectivity index (χ0n) is 10.3. The number of hydrogen-bond acceptors (Lipinski definition) is 5. The van der Waals surface area contributed by atoms with Gasteiger partial charge in [-0.15, -0.1) is 11.3 Å². The fourth-order valence-corrected chi connectivity index (χ4v) is 3.64. The second kappa shape index (κ2) is 4.30. The fraction of sp³-hybridized carbons (Fsp3) is 0.308. The molecule has 0 saturated carbocycles. The van der Waals surface area contributed by atoms with E-state index in [0.29, 0.717) is 22.7 Å². The number of carbonyl (C=O) groups is 2. The van der Waals surface area contributed by atoms with Crippen LogP contribution in [0.3, 0.4) is 0 Å². The van der Waals surface area contributed by atoms with Crippen molar-refractivity contribution in [2.24, 2.45) is 0 Å². The molecule has 0 aromatic carbocycles. The molecule has 3 heterocycles. The minimum absolute atomic E-state index is 0.326. The summed E-state index contributed by atoms with van der Waals surface area (Å²) in [5.74, 6) is -0.682. The lowest BCUT2D eigenvalue weighted by Crippen LogP contribution is -2.30. The highest BCUT2D eigenvalue weighted by atomic mass is 32.1. The van der Waals surface area contributed by atoms with E-state index in [1.165, 1.54) is 17.4 Å². The lowest BCUT2D eigenvalue weighted by Gasteiger charge is -2.13. The normalized spacial score (nSPS) is 18.3. The van der Waals surface area contributed by atoms with Gasteiger partial charge in [-0.25, -0.2) is 4.90 Å². The molecule has 1 N–H and O–H groups in total. The Kier molecular flexibility index (Phi) is 2.73. The molecule has 0 spiro atoms. The van der Waals surface area contributed by atoms with Crippen molar-refractivity contribution >= 4 is 28.2 Å². The Labute approximate surface area is 114 Å². The first-order valence-electron chi connectivity index (χ1n) is 5.95. The molecule has 0 atom stereocenters. The van der Waals surface area contributed by atoms with Gasteiger partial charge in [0.25, 0.3) is 11.8 Å². The predicted molar refractivity (Wildman–Crippen MR) is 70.7 cm³/mol. The van der Waals surface area contributed by atoms with E-state index in [-0.39, 0.29) is 11.8 Å². The Hall–Kier alpha value is -1.97. The van der Waals surface area contributed by atoms with Crippen molar-refractivity contribution in [1.82, 2.24) is 5.32 Å². The van der Waals surface area contributed by atoms with Crippen LogP contribution in [0.2, 0.25) is 0 Å². The third-order valence-corrected chi connectivity index (χ3v) is 4.54. The summed E-state index contributed by atoms with van der Waals surface area (Å²) in [5, 5.41) is 13.0. The first-order valence-corrected chi connectivity index (χ1v) is 6.77. The molecule has 2 amide bonds. The van der Waals surface area contributed by atoms with Crippen molar-refractivity contribution < 1.29 is 9.59 Å². The number of thiophene rings is 1. The Bertz CT molecular complexity index is 666. The van der Waals surface area contributed by atoms with E-state index in [1.54, 1.807) is 6.92 Å². The van der Waals surface area contributed by atoms with Crippen molar-refractivity contribution in [2.45, 2.75) is 19.9 Å². The average Bonchev–Trinajstić information content (AvgIpc) is 2.87. The van der Waals surface area contributed by atoms with Gasteiger partial charge in [0, 0.05) is 23.1 Å². The lowest BCUT2D eigenvalue weighted by atomic mass is 10.0. The maximum Gasteiger partial charge on any atom is 0.261 e. The van der Waals surface area contributed by atoms with Crippen LogP contribution in [0.15, 0.2) is 11.6 Å². The summed E-state index contributed by atoms with van der Waals surface area (Å²) < 4.78 is 0. The van der Waals surface area contributed by atoms with E-state index in [2.05, 4.69) is 11.4 Å². The first kappa shape index (κ1) is 12.1. The molecule has 96 valence electrons. The number of rotatable bonds is 1. The predicted octanol–water partition coefficient (Wildman–Crippen LogP) is 1.08. The minimum atomic E-state index is -0.356. The highest BCUT2D eigenvalue weighted by Gasteiger charge is 2.35. The largest absolute Gasteiger partial charge is 0.312 e. The summed E-state index contributed by atoms with van der Waals surface area (Å²) in [6.07, 6.45) is 2.08. The standard InChI is InChI=1S/C13H11N3O2S/c1-7-4-11(17)16(12(7)18)13-9(5-14)8-2-3-15-6-10(8)19-13/h4,15H,2-3,6H2,1H3. The molecular formula is C13H11N3O2S. The van der Waals surface area contributed by atoms with Crippen LogP contribution in [0.25, 0.3) is 0 Å². The van der Waals surface area contributed by atoms with E-state index >= 15 is 0 Å². The Balaban J connectivity index is 2.12.